The first-order valence-corrected chi connectivity index (χ1v) is 11.7. The minimum atomic E-state index is -0.146. The highest BCUT2D eigenvalue weighted by Crippen LogP contribution is 2.27. The van der Waals surface area contributed by atoms with Crippen molar-refractivity contribution in [3.05, 3.63) is 64.8 Å². The fraction of sp³-hybridized carbons (Fsp3) is 0.391. The molecular weight excluding hydrogens is 424 g/mol. The first-order valence-electron chi connectivity index (χ1n) is 10.7. The average molecular weight is 453 g/mol. The van der Waals surface area contributed by atoms with Crippen LogP contribution in [0.3, 0.4) is 0 Å². The smallest absolute Gasteiger partial charge is 0.254 e. The molecule has 32 heavy (non-hydrogen) atoms. The van der Waals surface area contributed by atoms with Gasteiger partial charge in [0, 0.05) is 62.0 Å². The van der Waals surface area contributed by atoms with Crippen molar-refractivity contribution in [3.63, 3.8) is 0 Å². The number of amides is 1. The number of hydrogen-bond acceptors (Lipinski definition) is 8. The molecular formula is C23H28N6O2S. The number of rotatable bonds is 7. The summed E-state index contributed by atoms with van der Waals surface area (Å²) in [6, 6.07) is 7.53. The summed E-state index contributed by atoms with van der Waals surface area (Å²) in [7, 11) is 2.13. The van der Waals surface area contributed by atoms with Gasteiger partial charge >= 0.3 is 0 Å². The Kier molecular flexibility index (Phi) is 7.06. The van der Waals surface area contributed by atoms with Gasteiger partial charge < -0.3 is 19.6 Å². The molecule has 1 aliphatic heterocycles. The summed E-state index contributed by atoms with van der Waals surface area (Å²) < 4.78 is 5.24. The number of piperazine rings is 1. The molecule has 3 aromatic rings. The maximum absolute atomic E-state index is 13.0. The number of carbonyl (C=O) groups is 1. The van der Waals surface area contributed by atoms with Crippen LogP contribution in [0.5, 0.6) is 0 Å². The zero-order valence-electron chi connectivity index (χ0n) is 18.7. The number of aryl methyl sites for hydroxylation is 2. The lowest BCUT2D eigenvalue weighted by molar-refractivity contribution is 0.0947. The maximum Gasteiger partial charge on any atom is 0.254 e. The molecule has 1 amide bonds. The van der Waals surface area contributed by atoms with Crippen molar-refractivity contribution in [2.45, 2.75) is 31.2 Å². The number of carbonyl (C=O) groups excluding carboxylic acids is 1. The first kappa shape index (κ1) is 22.3. The lowest BCUT2D eigenvalue weighted by Gasteiger charge is -2.34. The van der Waals surface area contributed by atoms with Gasteiger partial charge in [-0.1, -0.05) is 11.2 Å². The van der Waals surface area contributed by atoms with Crippen LogP contribution in [0.15, 0.2) is 46.2 Å². The number of nitrogens with one attached hydrogen (secondary N) is 1. The summed E-state index contributed by atoms with van der Waals surface area (Å²) in [6.45, 7) is 8.10. The van der Waals surface area contributed by atoms with E-state index in [0.717, 1.165) is 54.6 Å². The molecule has 4 heterocycles. The van der Waals surface area contributed by atoms with Crippen LogP contribution < -0.4 is 10.2 Å². The molecule has 8 nitrogen and oxygen atoms in total. The Labute approximate surface area is 192 Å². The van der Waals surface area contributed by atoms with Gasteiger partial charge in [-0.2, -0.15) is 0 Å². The van der Waals surface area contributed by atoms with Gasteiger partial charge in [0.25, 0.3) is 5.91 Å². The van der Waals surface area contributed by atoms with Crippen LogP contribution in [-0.2, 0) is 12.3 Å². The Morgan fingerprint density at radius 3 is 2.62 bits per heavy atom. The molecule has 1 saturated heterocycles. The zero-order valence-corrected chi connectivity index (χ0v) is 19.5. The molecule has 0 radical (unpaired) electrons. The van der Waals surface area contributed by atoms with Crippen molar-refractivity contribution in [1.82, 2.24) is 25.3 Å². The monoisotopic (exact) mass is 452 g/mol. The normalized spacial score (nSPS) is 14.5. The van der Waals surface area contributed by atoms with Gasteiger partial charge in [0.1, 0.15) is 16.6 Å². The van der Waals surface area contributed by atoms with E-state index in [4.69, 9.17) is 4.52 Å². The molecule has 0 aliphatic carbocycles. The van der Waals surface area contributed by atoms with Crippen molar-refractivity contribution in [1.29, 1.82) is 0 Å². The molecule has 0 aromatic carbocycles. The Morgan fingerprint density at radius 2 is 1.88 bits per heavy atom. The van der Waals surface area contributed by atoms with E-state index in [2.05, 4.69) is 37.3 Å². The van der Waals surface area contributed by atoms with Gasteiger partial charge in [0.15, 0.2) is 0 Å². The van der Waals surface area contributed by atoms with E-state index in [1.165, 1.54) is 11.8 Å². The Hall–Kier alpha value is -2.91. The van der Waals surface area contributed by atoms with Crippen LogP contribution in [0, 0.1) is 13.8 Å². The molecule has 1 aliphatic rings. The standard InChI is InChI=1S/C23H28N6O2S/c1-16-20(17(2)31-27-16)15-32-23-19(7-5-9-25-23)22(30)26-14-18-6-4-8-24-21(18)29-12-10-28(3)11-13-29/h4-9H,10-15H2,1-3H3,(H,26,30). The van der Waals surface area contributed by atoms with Crippen molar-refractivity contribution >= 4 is 23.5 Å². The number of aromatic nitrogens is 3. The van der Waals surface area contributed by atoms with E-state index < -0.39 is 0 Å². The van der Waals surface area contributed by atoms with Crippen LogP contribution in [0.2, 0.25) is 0 Å². The molecule has 0 atom stereocenters. The molecule has 0 saturated carbocycles. The van der Waals surface area contributed by atoms with Crippen molar-refractivity contribution in [3.8, 4) is 0 Å². The number of hydrogen-bond donors (Lipinski definition) is 1. The van der Waals surface area contributed by atoms with Gasteiger partial charge in [-0.15, -0.1) is 11.8 Å². The molecule has 4 rings (SSSR count). The lowest BCUT2D eigenvalue weighted by atomic mass is 10.2. The van der Waals surface area contributed by atoms with E-state index in [0.29, 0.717) is 22.9 Å². The summed E-state index contributed by atoms with van der Waals surface area (Å²) in [6.07, 6.45) is 3.52. The third-order valence-corrected chi connectivity index (χ3v) is 6.69. The van der Waals surface area contributed by atoms with Crippen molar-refractivity contribution in [2.24, 2.45) is 0 Å². The third kappa shape index (κ3) is 5.11. The van der Waals surface area contributed by atoms with E-state index in [1.54, 1.807) is 12.3 Å². The van der Waals surface area contributed by atoms with Crippen LogP contribution in [0.25, 0.3) is 0 Å². The molecule has 1 N–H and O–H groups in total. The van der Waals surface area contributed by atoms with Crippen LogP contribution in [0.1, 0.15) is 32.9 Å². The van der Waals surface area contributed by atoms with Gasteiger partial charge in [0.2, 0.25) is 0 Å². The van der Waals surface area contributed by atoms with E-state index in [-0.39, 0.29) is 5.91 Å². The van der Waals surface area contributed by atoms with Gasteiger partial charge in [-0.25, -0.2) is 9.97 Å². The number of likely N-dealkylation sites (N-methyl/N-ethyl adjacent to an activating group) is 1. The summed E-state index contributed by atoms with van der Waals surface area (Å²) in [4.78, 5) is 26.7. The molecule has 1 fully saturated rings. The second kappa shape index (κ2) is 10.1. The highest BCUT2D eigenvalue weighted by molar-refractivity contribution is 7.98. The van der Waals surface area contributed by atoms with E-state index in [1.807, 2.05) is 38.2 Å². The highest BCUT2D eigenvalue weighted by Gasteiger charge is 2.19. The topological polar surface area (TPSA) is 87.4 Å². The summed E-state index contributed by atoms with van der Waals surface area (Å²) in [5.41, 5.74) is 3.48. The Bertz CT molecular complexity index is 1060. The average Bonchev–Trinajstić information content (AvgIpc) is 3.14. The van der Waals surface area contributed by atoms with Gasteiger partial charge in [-0.05, 0) is 39.1 Å². The maximum atomic E-state index is 13.0. The minimum absolute atomic E-state index is 0.146. The van der Waals surface area contributed by atoms with Gasteiger partial charge in [0.05, 0.1) is 11.3 Å². The van der Waals surface area contributed by atoms with E-state index >= 15 is 0 Å². The van der Waals surface area contributed by atoms with Gasteiger partial charge in [-0.3, -0.25) is 4.79 Å². The summed E-state index contributed by atoms with van der Waals surface area (Å²) in [5, 5.41) is 7.75. The third-order valence-electron chi connectivity index (χ3n) is 5.66. The Morgan fingerprint density at radius 1 is 1.12 bits per heavy atom. The quantitative estimate of drug-likeness (QED) is 0.548. The second-order valence-corrected chi connectivity index (χ2v) is 8.87. The molecule has 0 bridgehead atoms. The molecule has 3 aromatic heterocycles. The SMILES string of the molecule is Cc1noc(C)c1CSc1ncccc1C(=O)NCc1cccnc1N1CCN(C)CC1. The Balaban J connectivity index is 1.43. The number of thioether (sulfide) groups is 1. The molecule has 9 heteroatoms. The minimum Gasteiger partial charge on any atom is -0.361 e. The lowest BCUT2D eigenvalue weighted by Crippen LogP contribution is -2.45. The number of anilines is 1. The summed E-state index contributed by atoms with van der Waals surface area (Å²) >= 11 is 1.51. The number of nitrogens with zero attached hydrogens (tertiary/aromatic N) is 5. The fourth-order valence-corrected chi connectivity index (χ4v) is 4.81. The summed E-state index contributed by atoms with van der Waals surface area (Å²) in [5.74, 6) is 2.24. The highest BCUT2D eigenvalue weighted by atomic mass is 32.2. The van der Waals surface area contributed by atoms with Crippen molar-refractivity contribution in [2.75, 3.05) is 38.1 Å². The van der Waals surface area contributed by atoms with Crippen LogP contribution in [-0.4, -0.2) is 59.2 Å². The first-order chi connectivity index (χ1) is 15.5. The molecule has 0 unspecified atom stereocenters. The molecule has 0 spiro atoms. The van der Waals surface area contributed by atoms with Crippen molar-refractivity contribution < 1.29 is 9.32 Å². The second-order valence-electron chi connectivity index (χ2n) is 7.91. The van der Waals surface area contributed by atoms with Crippen LogP contribution in [0.4, 0.5) is 5.82 Å². The molecule has 168 valence electrons. The predicted octanol–water partition coefficient (Wildman–Crippen LogP) is 3.06. The number of pyridine rings is 2. The van der Waals surface area contributed by atoms with E-state index in [9.17, 15) is 4.79 Å². The zero-order chi connectivity index (χ0) is 22.5. The fourth-order valence-electron chi connectivity index (χ4n) is 3.67. The largest absolute Gasteiger partial charge is 0.361 e. The predicted molar refractivity (Wildman–Crippen MR) is 125 cm³/mol. The van der Waals surface area contributed by atoms with Crippen LogP contribution >= 0.6 is 11.8 Å².